The molecule has 122 valence electrons. The zero-order valence-electron chi connectivity index (χ0n) is 12.4. The summed E-state index contributed by atoms with van der Waals surface area (Å²) in [5, 5.41) is -0.132. The third kappa shape index (κ3) is 2.39. The number of rotatable bonds is 2. The summed E-state index contributed by atoms with van der Waals surface area (Å²) in [5.74, 6) is -3.00. The molecule has 1 aliphatic heterocycles. The molecule has 0 spiro atoms. The maximum absolute atomic E-state index is 13.9. The van der Waals surface area contributed by atoms with Gasteiger partial charge < -0.3 is 18.8 Å². The number of carbonyl (C=O) groups is 1. The van der Waals surface area contributed by atoms with Crippen molar-refractivity contribution in [2.75, 3.05) is 13.2 Å². The molecule has 2 aromatic rings. The summed E-state index contributed by atoms with van der Waals surface area (Å²) in [7, 11) is 0. The average molecular weight is 325 g/mol. The Hall–Kier alpha value is -2.64. The van der Waals surface area contributed by atoms with E-state index >= 15 is 0 Å². The van der Waals surface area contributed by atoms with Gasteiger partial charge in [0.1, 0.15) is 6.61 Å². The number of pyridine rings is 1. The van der Waals surface area contributed by atoms with Gasteiger partial charge in [-0.15, -0.1) is 0 Å². The number of benzene rings is 1. The topological polar surface area (TPSA) is 66.8 Å². The van der Waals surface area contributed by atoms with Crippen LogP contribution in [0.15, 0.2) is 17.1 Å². The first kappa shape index (κ1) is 15.3. The minimum Gasteiger partial charge on any atom is -0.486 e. The molecule has 1 aromatic carbocycles. The van der Waals surface area contributed by atoms with Crippen molar-refractivity contribution in [2.24, 2.45) is 0 Å². The number of ether oxygens (including phenoxy) is 3. The molecule has 0 bridgehead atoms. The third-order valence-electron chi connectivity index (χ3n) is 3.53. The van der Waals surface area contributed by atoms with E-state index in [1.807, 2.05) is 0 Å². The fourth-order valence-electron chi connectivity index (χ4n) is 2.48. The zero-order valence-corrected chi connectivity index (χ0v) is 12.4. The second-order valence-electron chi connectivity index (χ2n) is 5.07. The Kier molecular flexibility index (Phi) is 3.67. The third-order valence-corrected chi connectivity index (χ3v) is 3.53. The molecule has 0 amide bonds. The Morgan fingerprint density at radius 1 is 1.48 bits per heavy atom. The van der Waals surface area contributed by atoms with E-state index in [-0.39, 0.29) is 41.7 Å². The number of hydrogen-bond donors (Lipinski definition) is 0. The summed E-state index contributed by atoms with van der Waals surface area (Å²) in [5.41, 5.74) is -0.619. The molecule has 2 heterocycles. The van der Waals surface area contributed by atoms with Gasteiger partial charge in [0.2, 0.25) is 11.2 Å². The smallest absolute Gasteiger partial charge is 0.486 e. The summed E-state index contributed by atoms with van der Waals surface area (Å²) >= 11 is 0. The second kappa shape index (κ2) is 5.53. The van der Waals surface area contributed by atoms with Crippen LogP contribution < -0.4 is 14.9 Å². The number of nitrogens with zero attached hydrogens (tertiary/aromatic N) is 1. The molecule has 1 atom stereocenters. The number of hydrogen-bond acceptors (Lipinski definition) is 5. The van der Waals surface area contributed by atoms with E-state index < -0.39 is 23.2 Å². The molecule has 0 fully saturated rings. The maximum Gasteiger partial charge on any atom is 0.514 e. The van der Waals surface area contributed by atoms with E-state index in [9.17, 15) is 18.4 Å². The van der Waals surface area contributed by atoms with Crippen LogP contribution in [0.4, 0.5) is 13.6 Å². The first-order valence-electron chi connectivity index (χ1n) is 6.98. The first-order valence-corrected chi connectivity index (χ1v) is 6.98. The highest BCUT2D eigenvalue weighted by Gasteiger charge is 2.27. The van der Waals surface area contributed by atoms with Gasteiger partial charge in [-0.25, -0.2) is 9.18 Å². The molecule has 0 aliphatic carbocycles. The normalized spacial score (nSPS) is 16.1. The maximum atomic E-state index is 13.9. The van der Waals surface area contributed by atoms with Crippen LogP contribution in [-0.2, 0) is 4.74 Å². The van der Waals surface area contributed by atoms with Crippen molar-refractivity contribution in [3.05, 3.63) is 34.1 Å². The molecule has 1 unspecified atom stereocenters. The molecule has 0 N–H and O–H groups in total. The second-order valence-corrected chi connectivity index (χ2v) is 5.07. The first-order chi connectivity index (χ1) is 10.9. The van der Waals surface area contributed by atoms with Gasteiger partial charge in [-0.05, 0) is 19.9 Å². The molecule has 23 heavy (non-hydrogen) atoms. The lowest BCUT2D eigenvalue weighted by Crippen LogP contribution is -2.26. The SMILES string of the molecule is CCOC(=O)Oc1cn2c3c(c(F)c(F)cc3c1=O)OCC2C. The summed E-state index contributed by atoms with van der Waals surface area (Å²) in [6.45, 7) is 3.52. The van der Waals surface area contributed by atoms with Crippen LogP contribution in [-0.4, -0.2) is 23.9 Å². The monoisotopic (exact) mass is 325 g/mol. The predicted octanol–water partition coefficient (Wildman–Crippen LogP) is 2.77. The van der Waals surface area contributed by atoms with E-state index in [0.29, 0.717) is 0 Å². The molecule has 8 heteroatoms. The Morgan fingerprint density at radius 3 is 2.91 bits per heavy atom. The van der Waals surface area contributed by atoms with Crippen molar-refractivity contribution >= 4 is 17.1 Å². The van der Waals surface area contributed by atoms with Crippen LogP contribution in [0.2, 0.25) is 0 Å². The standard InChI is InChI=1S/C15H13F2NO5/c1-3-21-15(20)23-10-5-18-7(2)6-22-14-11(17)9(16)4-8(12(14)18)13(10)19/h4-5,7H,3,6H2,1-2H3. The van der Waals surface area contributed by atoms with Crippen molar-refractivity contribution in [3.8, 4) is 11.5 Å². The number of carbonyl (C=O) groups excluding carboxylic acids is 1. The van der Waals surface area contributed by atoms with Crippen LogP contribution in [0.25, 0.3) is 10.9 Å². The van der Waals surface area contributed by atoms with Gasteiger partial charge in [-0.2, -0.15) is 4.39 Å². The lowest BCUT2D eigenvalue weighted by Gasteiger charge is -2.27. The van der Waals surface area contributed by atoms with Crippen LogP contribution in [0.1, 0.15) is 19.9 Å². The van der Waals surface area contributed by atoms with Crippen LogP contribution >= 0.6 is 0 Å². The molecular weight excluding hydrogens is 312 g/mol. The van der Waals surface area contributed by atoms with Gasteiger partial charge in [-0.1, -0.05) is 0 Å². The summed E-state index contributed by atoms with van der Waals surface area (Å²) in [6, 6.07) is 0.506. The van der Waals surface area contributed by atoms with Gasteiger partial charge in [0, 0.05) is 0 Å². The van der Waals surface area contributed by atoms with Crippen molar-refractivity contribution in [1.29, 1.82) is 0 Å². The largest absolute Gasteiger partial charge is 0.514 e. The molecule has 0 saturated heterocycles. The molecule has 0 radical (unpaired) electrons. The van der Waals surface area contributed by atoms with Gasteiger partial charge in [0.05, 0.1) is 29.7 Å². The van der Waals surface area contributed by atoms with Crippen LogP contribution in [0.3, 0.4) is 0 Å². The summed E-state index contributed by atoms with van der Waals surface area (Å²) in [4.78, 5) is 23.8. The minimum atomic E-state index is -1.21. The molecule has 6 nitrogen and oxygen atoms in total. The lowest BCUT2D eigenvalue weighted by atomic mass is 10.1. The van der Waals surface area contributed by atoms with E-state index in [1.54, 1.807) is 13.8 Å². The molecule has 1 aromatic heterocycles. The highest BCUT2D eigenvalue weighted by atomic mass is 19.2. The van der Waals surface area contributed by atoms with Gasteiger partial charge >= 0.3 is 6.16 Å². The van der Waals surface area contributed by atoms with Crippen LogP contribution in [0, 0.1) is 11.6 Å². The van der Waals surface area contributed by atoms with Gasteiger partial charge in [0.25, 0.3) is 0 Å². The van der Waals surface area contributed by atoms with E-state index in [4.69, 9.17) is 9.47 Å². The molecular formula is C15H13F2NO5. The number of aromatic nitrogens is 1. The Balaban J connectivity index is 2.27. The zero-order chi connectivity index (χ0) is 16.7. The fourth-order valence-corrected chi connectivity index (χ4v) is 2.48. The fraction of sp³-hybridized carbons (Fsp3) is 0.333. The Morgan fingerprint density at radius 2 is 2.22 bits per heavy atom. The van der Waals surface area contributed by atoms with Crippen molar-refractivity contribution < 1.29 is 27.8 Å². The van der Waals surface area contributed by atoms with Crippen molar-refractivity contribution in [1.82, 2.24) is 4.57 Å². The predicted molar refractivity (Wildman–Crippen MR) is 76.0 cm³/mol. The van der Waals surface area contributed by atoms with Crippen LogP contribution in [0.5, 0.6) is 11.5 Å². The Bertz CT molecular complexity index is 861. The van der Waals surface area contributed by atoms with Gasteiger partial charge in [0.15, 0.2) is 17.3 Å². The molecule has 1 aliphatic rings. The summed E-state index contributed by atoms with van der Waals surface area (Å²) in [6.07, 6.45) is 0.231. The van der Waals surface area contributed by atoms with E-state index in [0.717, 1.165) is 6.07 Å². The minimum absolute atomic E-state index is 0.0782. The van der Waals surface area contributed by atoms with E-state index in [2.05, 4.69) is 4.74 Å². The van der Waals surface area contributed by atoms with E-state index in [1.165, 1.54) is 10.8 Å². The van der Waals surface area contributed by atoms with Crippen molar-refractivity contribution in [2.45, 2.75) is 19.9 Å². The molecule has 3 rings (SSSR count). The quantitative estimate of drug-likeness (QED) is 0.794. The average Bonchev–Trinajstić information content (AvgIpc) is 2.50. The Labute approximate surface area is 129 Å². The summed E-state index contributed by atoms with van der Waals surface area (Å²) < 4.78 is 43.8. The highest BCUT2D eigenvalue weighted by Crippen LogP contribution is 2.36. The lowest BCUT2D eigenvalue weighted by molar-refractivity contribution is 0.103. The van der Waals surface area contributed by atoms with Crippen molar-refractivity contribution in [3.63, 3.8) is 0 Å². The molecule has 0 saturated carbocycles. The van der Waals surface area contributed by atoms with Gasteiger partial charge in [-0.3, -0.25) is 4.79 Å². The number of halogens is 2. The highest BCUT2D eigenvalue weighted by molar-refractivity contribution is 5.87.